The fraction of sp³-hybridized carbons (Fsp3) is 0.333. The molecule has 15 heteroatoms. The molecule has 3 aromatic rings. The number of halogens is 7. The Kier molecular flexibility index (Phi) is 4.05. The van der Waals surface area contributed by atoms with E-state index in [0.29, 0.717) is 11.0 Å². The molecule has 2 N–H and O–H groups in total. The molecule has 160 valence electrons. The Labute approximate surface area is 167 Å². The standard InChI is InChI=1S/C15H10ClF6N7O/c1-13(15(20,21)22)5-27(6-4-24-10-3-8(16)26-29(10)11(6)13)12(30)28-9(23)2-7(25-28)14(17,18)19/h2-4H,5,23H2,1H3/t13-/m1/s1. The number of nitrogens with two attached hydrogens (primary N) is 1. The quantitative estimate of drug-likeness (QED) is 0.526. The maximum absolute atomic E-state index is 14.0. The molecule has 0 spiro atoms. The highest BCUT2D eigenvalue weighted by molar-refractivity contribution is 6.29. The van der Waals surface area contributed by atoms with E-state index in [1.165, 1.54) is 6.07 Å². The summed E-state index contributed by atoms with van der Waals surface area (Å²) in [6.07, 6.45) is -8.76. The van der Waals surface area contributed by atoms with Gasteiger partial charge in [0.15, 0.2) is 16.5 Å². The van der Waals surface area contributed by atoms with E-state index < -0.39 is 47.5 Å². The van der Waals surface area contributed by atoms with Crippen LogP contribution < -0.4 is 10.6 Å². The van der Waals surface area contributed by atoms with Gasteiger partial charge in [0.05, 0.1) is 17.6 Å². The van der Waals surface area contributed by atoms with Crippen LogP contribution in [0.3, 0.4) is 0 Å². The molecule has 4 rings (SSSR count). The van der Waals surface area contributed by atoms with Crippen molar-refractivity contribution < 1.29 is 31.1 Å². The Morgan fingerprint density at radius 1 is 1.20 bits per heavy atom. The van der Waals surface area contributed by atoms with Crippen LogP contribution in [0.25, 0.3) is 5.65 Å². The van der Waals surface area contributed by atoms with Crippen LogP contribution in [0.15, 0.2) is 18.3 Å². The number of nitrogens with zero attached hydrogens (tertiary/aromatic N) is 6. The predicted molar refractivity (Wildman–Crippen MR) is 91.2 cm³/mol. The lowest BCUT2D eigenvalue weighted by Crippen LogP contribution is -2.46. The van der Waals surface area contributed by atoms with Crippen molar-refractivity contribution in [2.24, 2.45) is 0 Å². The summed E-state index contributed by atoms with van der Waals surface area (Å²) in [5, 5.41) is 6.78. The molecule has 1 aliphatic rings. The summed E-state index contributed by atoms with van der Waals surface area (Å²) in [7, 11) is 0. The second-order valence-electron chi connectivity index (χ2n) is 6.79. The minimum Gasteiger partial charge on any atom is -0.383 e. The average molecular weight is 454 g/mol. The van der Waals surface area contributed by atoms with E-state index in [2.05, 4.69) is 15.2 Å². The molecule has 0 radical (unpaired) electrons. The number of hydrogen-bond acceptors (Lipinski definition) is 5. The summed E-state index contributed by atoms with van der Waals surface area (Å²) in [6.45, 7) is -0.120. The van der Waals surface area contributed by atoms with Crippen molar-refractivity contribution in [2.75, 3.05) is 17.2 Å². The van der Waals surface area contributed by atoms with Crippen molar-refractivity contribution in [1.82, 2.24) is 24.4 Å². The monoisotopic (exact) mass is 453 g/mol. The van der Waals surface area contributed by atoms with Gasteiger partial charge in [-0.2, -0.15) is 41.2 Å². The number of fused-ring (bicyclic) bond motifs is 3. The molecule has 3 aromatic heterocycles. The number of anilines is 2. The Hall–Kier alpha value is -3.03. The zero-order chi connectivity index (χ0) is 22.2. The first-order valence-electron chi connectivity index (χ1n) is 8.10. The number of amides is 1. The van der Waals surface area contributed by atoms with Crippen LogP contribution in [0, 0.1) is 0 Å². The van der Waals surface area contributed by atoms with Gasteiger partial charge in [0.25, 0.3) is 0 Å². The van der Waals surface area contributed by atoms with Gasteiger partial charge in [-0.05, 0) is 6.92 Å². The van der Waals surface area contributed by atoms with Crippen LogP contribution in [0.1, 0.15) is 18.3 Å². The first kappa shape index (κ1) is 20.3. The zero-order valence-electron chi connectivity index (χ0n) is 14.8. The van der Waals surface area contributed by atoms with Crippen LogP contribution in [0.2, 0.25) is 5.15 Å². The minimum atomic E-state index is -4.90. The van der Waals surface area contributed by atoms with Crippen molar-refractivity contribution in [1.29, 1.82) is 0 Å². The van der Waals surface area contributed by atoms with Crippen LogP contribution in [-0.4, -0.2) is 43.1 Å². The third-order valence-electron chi connectivity index (χ3n) is 4.79. The largest absolute Gasteiger partial charge is 0.435 e. The highest BCUT2D eigenvalue weighted by Crippen LogP contribution is 2.50. The maximum Gasteiger partial charge on any atom is 0.435 e. The number of aromatic nitrogens is 5. The highest BCUT2D eigenvalue weighted by Gasteiger charge is 2.60. The molecule has 30 heavy (non-hydrogen) atoms. The summed E-state index contributed by atoms with van der Waals surface area (Å²) in [5.41, 5.74) is 0.622. The molecule has 1 aliphatic heterocycles. The Morgan fingerprint density at radius 2 is 1.87 bits per heavy atom. The molecule has 0 aliphatic carbocycles. The second kappa shape index (κ2) is 6.00. The molecule has 1 amide bonds. The summed E-state index contributed by atoms with van der Waals surface area (Å²) in [5.74, 6) is -0.689. The molecule has 0 aromatic carbocycles. The third-order valence-corrected chi connectivity index (χ3v) is 4.97. The van der Waals surface area contributed by atoms with E-state index in [4.69, 9.17) is 17.3 Å². The van der Waals surface area contributed by atoms with E-state index in [-0.39, 0.29) is 21.2 Å². The average Bonchev–Trinajstić information content (AvgIpc) is 3.26. The first-order valence-corrected chi connectivity index (χ1v) is 8.48. The number of hydrogen-bond donors (Lipinski definition) is 1. The van der Waals surface area contributed by atoms with Crippen LogP contribution in [0.5, 0.6) is 0 Å². The molecule has 0 unspecified atom stereocenters. The molecular formula is C15H10ClF6N7O. The fourth-order valence-electron chi connectivity index (χ4n) is 3.28. The van der Waals surface area contributed by atoms with Gasteiger partial charge in [-0.15, -0.1) is 0 Å². The van der Waals surface area contributed by atoms with Crippen molar-refractivity contribution in [3.63, 3.8) is 0 Å². The van der Waals surface area contributed by atoms with Crippen LogP contribution in [0.4, 0.5) is 42.6 Å². The van der Waals surface area contributed by atoms with E-state index >= 15 is 0 Å². The van der Waals surface area contributed by atoms with Crippen molar-refractivity contribution in [3.8, 4) is 0 Å². The first-order chi connectivity index (χ1) is 13.7. The topological polar surface area (TPSA) is 94.3 Å². The minimum absolute atomic E-state index is 0.00137. The molecule has 8 nitrogen and oxygen atoms in total. The molecule has 4 heterocycles. The second-order valence-corrected chi connectivity index (χ2v) is 7.18. The Balaban J connectivity index is 1.89. The van der Waals surface area contributed by atoms with E-state index in [9.17, 15) is 31.1 Å². The summed E-state index contributed by atoms with van der Waals surface area (Å²) in [4.78, 5) is 17.4. The lowest BCUT2D eigenvalue weighted by Gasteiger charge is -2.28. The van der Waals surface area contributed by atoms with Gasteiger partial charge in [-0.3, -0.25) is 4.90 Å². The molecular weight excluding hydrogens is 444 g/mol. The molecule has 0 bridgehead atoms. The molecule has 0 fully saturated rings. The van der Waals surface area contributed by atoms with Crippen molar-refractivity contribution in [2.45, 2.75) is 24.7 Å². The highest BCUT2D eigenvalue weighted by atomic mass is 35.5. The SMILES string of the molecule is C[C@@]1(C(F)(F)F)CN(C(=O)n2nc(C(F)(F)F)cc2N)c2cnc3cc(Cl)nn3c21. The number of rotatable bonds is 0. The number of carbonyl (C=O) groups is 1. The summed E-state index contributed by atoms with van der Waals surface area (Å²) < 4.78 is 81.7. The van der Waals surface area contributed by atoms with Crippen LogP contribution >= 0.6 is 11.6 Å². The number of nitrogen functional groups attached to an aromatic ring is 1. The van der Waals surface area contributed by atoms with E-state index in [0.717, 1.165) is 17.6 Å². The molecule has 0 saturated heterocycles. The Bertz CT molecular complexity index is 1180. The van der Waals surface area contributed by atoms with E-state index in [1.807, 2.05) is 0 Å². The van der Waals surface area contributed by atoms with Crippen LogP contribution in [-0.2, 0) is 11.6 Å². The van der Waals surface area contributed by atoms with Gasteiger partial charge in [0, 0.05) is 18.7 Å². The lowest BCUT2D eigenvalue weighted by atomic mass is 9.88. The van der Waals surface area contributed by atoms with Gasteiger partial charge in [-0.25, -0.2) is 14.3 Å². The van der Waals surface area contributed by atoms with Gasteiger partial charge < -0.3 is 5.73 Å². The predicted octanol–water partition coefficient (Wildman–Crippen LogP) is 3.49. The lowest BCUT2D eigenvalue weighted by molar-refractivity contribution is -0.181. The zero-order valence-corrected chi connectivity index (χ0v) is 15.5. The maximum atomic E-state index is 14.0. The smallest absolute Gasteiger partial charge is 0.383 e. The summed E-state index contributed by atoms with van der Waals surface area (Å²) in [6, 6.07) is 0.327. The molecule has 0 saturated carbocycles. The summed E-state index contributed by atoms with van der Waals surface area (Å²) >= 11 is 5.78. The van der Waals surface area contributed by atoms with Gasteiger partial charge in [-0.1, -0.05) is 11.6 Å². The van der Waals surface area contributed by atoms with E-state index in [1.54, 1.807) is 0 Å². The molecule has 1 atom stereocenters. The normalized spacial score (nSPS) is 19.5. The number of carbonyl (C=O) groups excluding carboxylic acids is 1. The van der Waals surface area contributed by atoms with Crippen molar-refractivity contribution >= 4 is 34.8 Å². The fourth-order valence-corrected chi connectivity index (χ4v) is 3.46. The van der Waals surface area contributed by atoms with Gasteiger partial charge >= 0.3 is 18.4 Å². The van der Waals surface area contributed by atoms with Gasteiger partial charge in [0.1, 0.15) is 11.2 Å². The number of alkyl halides is 6. The Morgan fingerprint density at radius 3 is 2.43 bits per heavy atom. The van der Waals surface area contributed by atoms with Gasteiger partial charge in [0.2, 0.25) is 0 Å². The third kappa shape index (κ3) is 2.77. The van der Waals surface area contributed by atoms with Crippen molar-refractivity contribution in [3.05, 3.63) is 34.9 Å².